The van der Waals surface area contributed by atoms with Gasteiger partial charge in [-0.05, 0) is 25.7 Å². The first-order chi connectivity index (χ1) is 9.00. The van der Waals surface area contributed by atoms with Crippen molar-refractivity contribution in [1.29, 1.82) is 0 Å². The molecule has 0 unspecified atom stereocenters. The van der Waals surface area contributed by atoms with E-state index in [0.717, 1.165) is 0 Å². The Labute approximate surface area is 115 Å². The summed E-state index contributed by atoms with van der Waals surface area (Å²) in [5, 5.41) is 0. The molecule has 1 rings (SSSR count). The van der Waals surface area contributed by atoms with Gasteiger partial charge in [0, 0.05) is 0 Å². The molecule has 0 aromatic rings. The fraction of sp³-hybridized carbons (Fsp3) is 0.778. The molecule has 0 heteroatoms. The van der Waals surface area contributed by atoms with Crippen LogP contribution in [0.3, 0.4) is 0 Å². The molecule has 1 aliphatic rings. The van der Waals surface area contributed by atoms with E-state index in [0.29, 0.717) is 0 Å². The van der Waals surface area contributed by atoms with Gasteiger partial charge in [0.25, 0.3) is 0 Å². The van der Waals surface area contributed by atoms with Crippen molar-refractivity contribution < 1.29 is 0 Å². The first-order valence-electron chi connectivity index (χ1n) is 8.32. The molecule has 0 aliphatic heterocycles. The van der Waals surface area contributed by atoms with Gasteiger partial charge in [0.15, 0.2) is 0 Å². The van der Waals surface area contributed by atoms with Gasteiger partial charge < -0.3 is 0 Å². The lowest BCUT2D eigenvalue weighted by Crippen LogP contribution is -1.83. The molecule has 1 aliphatic carbocycles. The Bertz CT molecular complexity index is 188. The molecule has 0 heterocycles. The third-order valence-corrected chi connectivity index (χ3v) is 3.87. The largest absolute Gasteiger partial charge is 0.0845 e. The van der Waals surface area contributed by atoms with Gasteiger partial charge in [-0.25, -0.2) is 0 Å². The summed E-state index contributed by atoms with van der Waals surface area (Å²) in [6.07, 6.45) is 29.0. The van der Waals surface area contributed by atoms with Crippen molar-refractivity contribution in [2.45, 2.75) is 89.9 Å². The zero-order chi connectivity index (χ0) is 12.7. The minimum absolute atomic E-state index is 1.27. The highest BCUT2D eigenvalue weighted by molar-refractivity contribution is 5.02. The van der Waals surface area contributed by atoms with E-state index in [-0.39, 0.29) is 0 Å². The van der Waals surface area contributed by atoms with Crippen LogP contribution in [0, 0.1) is 0 Å². The van der Waals surface area contributed by atoms with Crippen molar-refractivity contribution in [2.24, 2.45) is 0 Å². The topological polar surface area (TPSA) is 0 Å². The van der Waals surface area contributed by atoms with Crippen LogP contribution in [0.25, 0.3) is 0 Å². The van der Waals surface area contributed by atoms with Crippen LogP contribution in [-0.4, -0.2) is 0 Å². The maximum atomic E-state index is 2.33. The van der Waals surface area contributed by atoms with Crippen molar-refractivity contribution in [3.05, 3.63) is 24.3 Å². The number of allylic oxidation sites excluding steroid dienone is 4. The molecule has 0 aromatic heterocycles. The van der Waals surface area contributed by atoms with Crippen LogP contribution in [0.5, 0.6) is 0 Å². The van der Waals surface area contributed by atoms with Gasteiger partial charge in [-0.3, -0.25) is 0 Å². The van der Waals surface area contributed by atoms with Gasteiger partial charge in [-0.2, -0.15) is 0 Å². The Kier molecular flexibility index (Phi) is 11.2. The number of hydrogen-bond acceptors (Lipinski definition) is 0. The quantitative estimate of drug-likeness (QED) is 0.454. The maximum absolute atomic E-state index is 2.33. The first-order valence-corrected chi connectivity index (χ1v) is 8.32. The molecule has 0 saturated heterocycles. The van der Waals surface area contributed by atoms with E-state index in [1.807, 2.05) is 0 Å². The summed E-state index contributed by atoms with van der Waals surface area (Å²) in [7, 11) is 0. The van der Waals surface area contributed by atoms with Crippen molar-refractivity contribution in [3.8, 4) is 0 Å². The molecule has 0 radical (unpaired) electrons. The summed E-state index contributed by atoms with van der Waals surface area (Å²) < 4.78 is 0. The van der Waals surface area contributed by atoms with Crippen LogP contribution < -0.4 is 0 Å². The normalized spacial score (nSPS) is 22.2. The van der Waals surface area contributed by atoms with Gasteiger partial charge in [-0.1, -0.05) is 88.5 Å². The van der Waals surface area contributed by atoms with Crippen LogP contribution in [0.15, 0.2) is 24.3 Å². The van der Waals surface area contributed by atoms with Crippen LogP contribution in [-0.2, 0) is 0 Å². The van der Waals surface area contributed by atoms with E-state index in [4.69, 9.17) is 0 Å². The average Bonchev–Trinajstić information content (AvgIpc) is 2.39. The number of rotatable bonds is 0. The van der Waals surface area contributed by atoms with Crippen LogP contribution in [0.4, 0.5) is 0 Å². The van der Waals surface area contributed by atoms with E-state index >= 15 is 0 Å². The molecule has 0 amide bonds. The molecule has 18 heavy (non-hydrogen) atoms. The SMILES string of the molecule is C1=CCCCCCCCCCCCCCCC=C1. The summed E-state index contributed by atoms with van der Waals surface area (Å²) in [5.41, 5.74) is 0. The molecule has 104 valence electrons. The lowest BCUT2D eigenvalue weighted by Gasteiger charge is -2.02. The van der Waals surface area contributed by atoms with Gasteiger partial charge in [0.05, 0.1) is 0 Å². The Morgan fingerprint density at radius 1 is 0.333 bits per heavy atom. The van der Waals surface area contributed by atoms with Gasteiger partial charge in [0.2, 0.25) is 0 Å². The highest BCUT2D eigenvalue weighted by atomic mass is 14.0. The molecule has 0 spiro atoms. The minimum atomic E-state index is 1.27. The highest BCUT2D eigenvalue weighted by Crippen LogP contribution is 2.13. The predicted octanol–water partition coefficient (Wildman–Crippen LogP) is 6.57. The lowest BCUT2D eigenvalue weighted by atomic mass is 10.0. The maximum Gasteiger partial charge on any atom is -0.0348 e. The average molecular weight is 248 g/mol. The minimum Gasteiger partial charge on any atom is -0.0845 e. The third kappa shape index (κ3) is 10.6. The number of hydrogen-bond donors (Lipinski definition) is 0. The third-order valence-electron chi connectivity index (χ3n) is 3.87. The molecule has 0 N–H and O–H groups in total. The monoisotopic (exact) mass is 248 g/mol. The fourth-order valence-electron chi connectivity index (χ4n) is 2.64. The summed E-state index contributed by atoms with van der Waals surface area (Å²) >= 11 is 0. The Morgan fingerprint density at radius 3 is 0.944 bits per heavy atom. The molecular weight excluding hydrogens is 216 g/mol. The van der Waals surface area contributed by atoms with Crippen LogP contribution in [0.2, 0.25) is 0 Å². The van der Waals surface area contributed by atoms with E-state index in [2.05, 4.69) is 24.3 Å². The Balaban J connectivity index is 2.13. The second-order valence-electron chi connectivity index (χ2n) is 5.68. The lowest BCUT2D eigenvalue weighted by molar-refractivity contribution is 0.542. The van der Waals surface area contributed by atoms with Gasteiger partial charge in [0.1, 0.15) is 0 Å². The summed E-state index contributed by atoms with van der Waals surface area (Å²) in [5.74, 6) is 0. The second kappa shape index (κ2) is 12.9. The Morgan fingerprint density at radius 2 is 0.611 bits per heavy atom. The van der Waals surface area contributed by atoms with E-state index < -0.39 is 0 Å². The smallest absolute Gasteiger partial charge is 0.0348 e. The second-order valence-corrected chi connectivity index (χ2v) is 5.68. The predicted molar refractivity (Wildman–Crippen MR) is 82.9 cm³/mol. The van der Waals surface area contributed by atoms with Crippen LogP contribution >= 0.6 is 0 Å². The molecule has 0 aromatic carbocycles. The zero-order valence-electron chi connectivity index (χ0n) is 12.2. The van der Waals surface area contributed by atoms with Crippen molar-refractivity contribution in [2.75, 3.05) is 0 Å². The van der Waals surface area contributed by atoms with E-state index in [1.54, 1.807) is 0 Å². The standard InChI is InChI=1S/C18H32/c1-2-4-6-8-10-12-14-16-18-17-15-13-11-9-7-5-3-1/h1-4H,5-18H2. The van der Waals surface area contributed by atoms with Crippen molar-refractivity contribution in [1.82, 2.24) is 0 Å². The van der Waals surface area contributed by atoms with Crippen molar-refractivity contribution >= 4 is 0 Å². The van der Waals surface area contributed by atoms with Crippen molar-refractivity contribution in [3.63, 3.8) is 0 Å². The summed E-state index contributed by atoms with van der Waals surface area (Å²) in [6.45, 7) is 0. The Hall–Kier alpha value is -0.520. The fourth-order valence-corrected chi connectivity index (χ4v) is 2.64. The summed E-state index contributed by atoms with van der Waals surface area (Å²) in [6, 6.07) is 0. The van der Waals surface area contributed by atoms with Gasteiger partial charge >= 0.3 is 0 Å². The molecule has 0 saturated carbocycles. The van der Waals surface area contributed by atoms with Crippen LogP contribution in [0.1, 0.15) is 89.9 Å². The molecular formula is C18H32. The van der Waals surface area contributed by atoms with Gasteiger partial charge in [-0.15, -0.1) is 0 Å². The molecule has 0 nitrogen and oxygen atoms in total. The van der Waals surface area contributed by atoms with E-state index in [1.165, 1.54) is 89.9 Å². The van der Waals surface area contributed by atoms with E-state index in [9.17, 15) is 0 Å². The molecule has 0 fully saturated rings. The molecule has 0 atom stereocenters. The highest BCUT2D eigenvalue weighted by Gasteiger charge is 1.93. The molecule has 0 bridgehead atoms. The zero-order valence-corrected chi connectivity index (χ0v) is 12.2. The summed E-state index contributed by atoms with van der Waals surface area (Å²) in [4.78, 5) is 0. The first kappa shape index (κ1) is 15.5.